The van der Waals surface area contributed by atoms with Crippen molar-refractivity contribution in [2.24, 2.45) is 4.99 Å². The molecule has 0 aliphatic heterocycles. The van der Waals surface area contributed by atoms with Crippen molar-refractivity contribution in [2.75, 3.05) is 5.32 Å². The van der Waals surface area contributed by atoms with Crippen LogP contribution >= 0.6 is 27.3 Å². The third-order valence-electron chi connectivity index (χ3n) is 1.21. The second-order valence-corrected chi connectivity index (χ2v) is 4.79. The van der Waals surface area contributed by atoms with E-state index in [4.69, 9.17) is 0 Å². The van der Waals surface area contributed by atoms with Crippen molar-refractivity contribution in [2.45, 2.75) is 6.92 Å². The molecule has 0 aromatic carbocycles. The third kappa shape index (κ3) is 3.85. The molecule has 3 nitrogen and oxygen atoms in total. The van der Waals surface area contributed by atoms with Crippen molar-refractivity contribution in [1.82, 2.24) is 4.98 Å². The molecule has 5 heteroatoms. The Balaban J connectivity index is 2.49. The lowest BCUT2D eigenvalue weighted by atomic mass is 10.5. The molecule has 1 N–H and O–H groups in total. The smallest absolute Gasteiger partial charge is 0.188 e. The van der Waals surface area contributed by atoms with Gasteiger partial charge in [-0.1, -0.05) is 24.0 Å². The van der Waals surface area contributed by atoms with Crippen LogP contribution in [0.1, 0.15) is 6.92 Å². The molecule has 1 heterocycles. The molecule has 1 aromatic rings. The summed E-state index contributed by atoms with van der Waals surface area (Å²) in [6.07, 6.45) is 6.94. The predicted molar refractivity (Wildman–Crippen MR) is 65.9 cm³/mol. The number of rotatable bonds is 4. The van der Waals surface area contributed by atoms with Crippen LogP contribution < -0.4 is 5.32 Å². The van der Waals surface area contributed by atoms with Gasteiger partial charge < -0.3 is 5.32 Å². The highest BCUT2D eigenvalue weighted by molar-refractivity contribution is 9.11. The minimum absolute atomic E-state index is 0.713. The van der Waals surface area contributed by atoms with Crippen LogP contribution in [0.5, 0.6) is 0 Å². The van der Waals surface area contributed by atoms with Crippen LogP contribution in [0.3, 0.4) is 0 Å². The number of halogens is 1. The zero-order chi connectivity index (χ0) is 10.4. The Morgan fingerprint density at radius 3 is 3.14 bits per heavy atom. The van der Waals surface area contributed by atoms with Crippen LogP contribution in [0.4, 0.5) is 5.13 Å². The molecular weight excluding hydrogens is 262 g/mol. The van der Waals surface area contributed by atoms with E-state index in [1.165, 1.54) is 11.3 Å². The second-order valence-electron chi connectivity index (χ2n) is 2.38. The van der Waals surface area contributed by atoms with Gasteiger partial charge in [-0.25, -0.2) is 4.98 Å². The normalized spacial score (nSPS) is 11.3. The Kier molecular flexibility index (Phi) is 4.55. The minimum Gasteiger partial charge on any atom is -0.331 e. The van der Waals surface area contributed by atoms with Gasteiger partial charge in [-0.05, 0) is 22.9 Å². The van der Waals surface area contributed by atoms with E-state index in [1.54, 1.807) is 18.6 Å². The lowest BCUT2D eigenvalue weighted by molar-refractivity contribution is 1.37. The third-order valence-corrected chi connectivity index (χ3v) is 2.60. The highest BCUT2D eigenvalue weighted by atomic mass is 79.9. The average Bonchev–Trinajstić information content (AvgIpc) is 2.52. The molecule has 0 radical (unpaired) electrons. The molecule has 0 bridgehead atoms. The summed E-state index contributed by atoms with van der Waals surface area (Å²) >= 11 is 4.84. The van der Waals surface area contributed by atoms with Gasteiger partial charge in [0.1, 0.15) is 0 Å². The van der Waals surface area contributed by atoms with Gasteiger partial charge in [-0.2, -0.15) is 0 Å². The number of thiazole rings is 1. The molecule has 74 valence electrons. The lowest BCUT2D eigenvalue weighted by Gasteiger charge is -1.98. The summed E-state index contributed by atoms with van der Waals surface area (Å²) < 4.78 is 0.984. The monoisotopic (exact) mass is 271 g/mol. The summed E-state index contributed by atoms with van der Waals surface area (Å²) in [4.78, 5) is 8.09. The van der Waals surface area contributed by atoms with E-state index in [0.717, 1.165) is 8.92 Å². The number of anilines is 1. The summed E-state index contributed by atoms with van der Waals surface area (Å²) in [5, 5.41) is 3.82. The molecule has 1 aromatic heterocycles. The summed E-state index contributed by atoms with van der Waals surface area (Å²) in [6, 6.07) is 0. The summed E-state index contributed by atoms with van der Waals surface area (Å²) in [6.45, 7) is 5.70. The number of nitrogens with zero attached hydrogens (tertiary/aromatic N) is 2. The first-order valence-corrected chi connectivity index (χ1v) is 5.55. The summed E-state index contributed by atoms with van der Waals surface area (Å²) in [5.74, 6) is 0. The molecule has 0 aliphatic rings. The fourth-order valence-electron chi connectivity index (χ4n) is 0.701. The quantitative estimate of drug-likeness (QED) is 0.852. The van der Waals surface area contributed by atoms with Crippen LogP contribution in [0.25, 0.3) is 0 Å². The van der Waals surface area contributed by atoms with Crippen LogP contribution in [0.15, 0.2) is 39.5 Å². The molecule has 0 fully saturated rings. The van der Waals surface area contributed by atoms with E-state index in [1.807, 2.05) is 13.0 Å². The Labute approximate surface area is 95.4 Å². The highest BCUT2D eigenvalue weighted by Gasteiger charge is 1.98. The van der Waals surface area contributed by atoms with Gasteiger partial charge in [0.05, 0.1) is 15.7 Å². The van der Waals surface area contributed by atoms with Crippen molar-refractivity contribution >= 4 is 38.6 Å². The SMILES string of the molecule is C=C(C=N/C=C\C)Nc1ncc(Br)s1. The standard InChI is InChI=1S/C9H10BrN3S/c1-3-4-11-5-7(2)13-9-12-6-8(10)14-9/h3-6H,2H2,1H3,(H,12,13)/b4-3-,11-5?. The molecule has 1 rings (SSSR count). The van der Waals surface area contributed by atoms with E-state index in [2.05, 4.69) is 37.8 Å². The molecule has 0 amide bonds. The number of aromatic nitrogens is 1. The van der Waals surface area contributed by atoms with Gasteiger partial charge in [0.25, 0.3) is 0 Å². The van der Waals surface area contributed by atoms with Crippen molar-refractivity contribution in [3.05, 3.63) is 34.5 Å². The minimum atomic E-state index is 0.713. The Hall–Kier alpha value is -0.940. The average molecular weight is 272 g/mol. The fourth-order valence-corrected chi connectivity index (χ4v) is 1.84. The topological polar surface area (TPSA) is 37.3 Å². The predicted octanol–water partition coefficient (Wildman–Crippen LogP) is 3.44. The first-order valence-electron chi connectivity index (χ1n) is 3.94. The van der Waals surface area contributed by atoms with Gasteiger partial charge >= 0.3 is 0 Å². The van der Waals surface area contributed by atoms with Crippen LogP contribution in [-0.4, -0.2) is 11.2 Å². The molecule has 0 saturated carbocycles. The number of aliphatic imine (C=N–C) groups is 1. The molecule has 0 aliphatic carbocycles. The highest BCUT2D eigenvalue weighted by Crippen LogP contribution is 2.23. The number of hydrogen-bond donors (Lipinski definition) is 1. The van der Waals surface area contributed by atoms with Crippen LogP contribution in [-0.2, 0) is 0 Å². The van der Waals surface area contributed by atoms with Gasteiger partial charge in [-0.3, -0.25) is 4.99 Å². The van der Waals surface area contributed by atoms with E-state index >= 15 is 0 Å². The Bertz CT molecular complexity index is 368. The van der Waals surface area contributed by atoms with Gasteiger partial charge in [0.15, 0.2) is 5.13 Å². The molecule has 0 unspecified atom stereocenters. The Morgan fingerprint density at radius 1 is 1.79 bits per heavy atom. The first-order chi connectivity index (χ1) is 6.72. The number of allylic oxidation sites excluding steroid dienone is 2. The maximum Gasteiger partial charge on any atom is 0.188 e. The van der Waals surface area contributed by atoms with Crippen molar-refractivity contribution < 1.29 is 0 Å². The van der Waals surface area contributed by atoms with Gasteiger partial charge in [0.2, 0.25) is 0 Å². The first kappa shape index (κ1) is 11.1. The van der Waals surface area contributed by atoms with Gasteiger partial charge in [0, 0.05) is 12.4 Å². The zero-order valence-corrected chi connectivity index (χ0v) is 10.1. The van der Waals surface area contributed by atoms with Gasteiger partial charge in [-0.15, -0.1) is 0 Å². The fraction of sp³-hybridized carbons (Fsp3) is 0.111. The van der Waals surface area contributed by atoms with Crippen molar-refractivity contribution in [1.29, 1.82) is 0 Å². The van der Waals surface area contributed by atoms with E-state index in [-0.39, 0.29) is 0 Å². The number of hydrogen-bond acceptors (Lipinski definition) is 4. The Morgan fingerprint density at radius 2 is 2.57 bits per heavy atom. The second kappa shape index (κ2) is 5.72. The maximum atomic E-state index is 4.10. The molecule has 0 atom stereocenters. The lowest BCUT2D eigenvalue weighted by Crippen LogP contribution is -1.97. The molecule has 0 spiro atoms. The van der Waals surface area contributed by atoms with Crippen LogP contribution in [0, 0.1) is 0 Å². The van der Waals surface area contributed by atoms with E-state index in [0.29, 0.717) is 5.70 Å². The molecule has 0 saturated heterocycles. The summed E-state index contributed by atoms with van der Waals surface area (Å²) in [5.41, 5.74) is 0.713. The summed E-state index contributed by atoms with van der Waals surface area (Å²) in [7, 11) is 0. The molecule has 14 heavy (non-hydrogen) atoms. The largest absolute Gasteiger partial charge is 0.331 e. The zero-order valence-electron chi connectivity index (χ0n) is 7.70. The van der Waals surface area contributed by atoms with E-state index < -0.39 is 0 Å². The number of nitrogens with one attached hydrogen (secondary N) is 1. The molecular formula is C9H10BrN3S. The van der Waals surface area contributed by atoms with Crippen molar-refractivity contribution in [3.8, 4) is 0 Å². The van der Waals surface area contributed by atoms with Crippen molar-refractivity contribution in [3.63, 3.8) is 0 Å². The maximum absolute atomic E-state index is 4.10. The van der Waals surface area contributed by atoms with E-state index in [9.17, 15) is 0 Å². The van der Waals surface area contributed by atoms with Crippen LogP contribution in [0.2, 0.25) is 0 Å².